The van der Waals surface area contributed by atoms with Gasteiger partial charge in [-0.2, -0.15) is 0 Å². The molecule has 2 aliphatic carbocycles. The zero-order chi connectivity index (χ0) is 19.5. The summed E-state index contributed by atoms with van der Waals surface area (Å²) >= 11 is 1.58. The minimum atomic E-state index is -1.04. The van der Waals surface area contributed by atoms with Gasteiger partial charge in [0.15, 0.2) is 0 Å². The number of carbonyl (C=O) groups is 2. The summed E-state index contributed by atoms with van der Waals surface area (Å²) in [5.74, 6) is -0.175. The maximum Gasteiger partial charge on any atom is 0.316 e. The van der Waals surface area contributed by atoms with E-state index in [0.29, 0.717) is 29.4 Å². The number of nitrogens with zero attached hydrogens (tertiary/aromatic N) is 1. The van der Waals surface area contributed by atoms with Gasteiger partial charge in [-0.3, -0.25) is 9.59 Å². The minimum Gasteiger partial charge on any atom is -0.480 e. The average molecular weight is 402 g/mol. The number of carboxylic acid groups (broad SMARTS) is 1. The van der Waals surface area contributed by atoms with Gasteiger partial charge in [0.1, 0.15) is 10.9 Å². The number of carboxylic acids is 1. The van der Waals surface area contributed by atoms with E-state index in [0.717, 1.165) is 38.8 Å². The van der Waals surface area contributed by atoms with Crippen LogP contribution in [-0.2, 0) is 9.59 Å². The normalized spacial score (nSPS) is 32.3. The molecule has 1 aromatic carbocycles. The number of carbonyl (C=O) groups excluding carboxylic acids is 1. The molecule has 1 amide bonds. The second-order valence-corrected chi connectivity index (χ2v) is 10.5. The Balaban J connectivity index is 1.19. The number of benzene rings is 1. The average Bonchev–Trinajstić information content (AvgIpc) is 3.55. The Labute approximate surface area is 169 Å². The van der Waals surface area contributed by atoms with Gasteiger partial charge in [0.05, 0.1) is 0 Å². The van der Waals surface area contributed by atoms with Crippen LogP contribution >= 0.6 is 11.8 Å². The fourth-order valence-electron chi connectivity index (χ4n) is 5.16. The molecular formula is C22H27NO4S. The fraction of sp³-hybridized carbons (Fsp3) is 0.636. The summed E-state index contributed by atoms with van der Waals surface area (Å²) in [6, 6.07) is 8.83. The van der Waals surface area contributed by atoms with Gasteiger partial charge in [0.25, 0.3) is 5.91 Å². The van der Waals surface area contributed by atoms with Gasteiger partial charge in [0, 0.05) is 18.3 Å². The Kier molecular flexibility index (Phi) is 4.29. The lowest BCUT2D eigenvalue weighted by Crippen LogP contribution is -2.45. The van der Waals surface area contributed by atoms with Crippen LogP contribution in [0.3, 0.4) is 0 Å². The van der Waals surface area contributed by atoms with Gasteiger partial charge in [0.2, 0.25) is 0 Å². The molecule has 2 heterocycles. The second-order valence-electron chi connectivity index (χ2n) is 9.14. The Morgan fingerprint density at radius 3 is 2.21 bits per heavy atom. The van der Waals surface area contributed by atoms with Crippen LogP contribution in [-0.4, -0.2) is 50.9 Å². The predicted molar refractivity (Wildman–Crippen MR) is 107 cm³/mol. The molecule has 3 atom stereocenters. The summed E-state index contributed by atoms with van der Waals surface area (Å²) < 4.78 is 0. The van der Waals surface area contributed by atoms with Crippen molar-refractivity contribution in [3.63, 3.8) is 0 Å². The van der Waals surface area contributed by atoms with Crippen LogP contribution in [0.2, 0.25) is 0 Å². The molecule has 4 fully saturated rings. The SMILES string of the molecule is O=C(O)C1CCC(c2ccc([C@H]3CC34CCN(C(=O)C3(O)CC3)CC4)cc2)S1. The van der Waals surface area contributed by atoms with E-state index >= 15 is 0 Å². The summed E-state index contributed by atoms with van der Waals surface area (Å²) in [7, 11) is 0. The first kappa shape index (κ1) is 18.5. The molecule has 5 rings (SSSR count). The van der Waals surface area contributed by atoms with Crippen molar-refractivity contribution in [1.29, 1.82) is 0 Å². The quantitative estimate of drug-likeness (QED) is 0.809. The van der Waals surface area contributed by atoms with Crippen molar-refractivity contribution in [3.8, 4) is 0 Å². The third-order valence-electron chi connectivity index (χ3n) is 7.36. The minimum absolute atomic E-state index is 0.0577. The molecule has 5 nitrogen and oxygen atoms in total. The highest BCUT2D eigenvalue weighted by molar-refractivity contribution is 8.01. The number of hydrogen-bond donors (Lipinski definition) is 2. The smallest absolute Gasteiger partial charge is 0.316 e. The largest absolute Gasteiger partial charge is 0.480 e. The Morgan fingerprint density at radius 2 is 1.64 bits per heavy atom. The van der Waals surface area contributed by atoms with Crippen molar-refractivity contribution in [2.24, 2.45) is 5.41 Å². The van der Waals surface area contributed by atoms with Gasteiger partial charge in [-0.05, 0) is 67.4 Å². The van der Waals surface area contributed by atoms with Crippen LogP contribution in [0, 0.1) is 5.41 Å². The van der Waals surface area contributed by atoms with E-state index in [9.17, 15) is 19.8 Å². The molecule has 0 radical (unpaired) electrons. The van der Waals surface area contributed by atoms with Gasteiger partial charge in [-0.15, -0.1) is 11.8 Å². The molecule has 2 saturated heterocycles. The molecule has 0 aromatic heterocycles. The number of amides is 1. The molecule has 28 heavy (non-hydrogen) atoms. The first-order valence-electron chi connectivity index (χ1n) is 10.4. The molecule has 1 aromatic rings. The van der Waals surface area contributed by atoms with E-state index in [1.807, 2.05) is 4.90 Å². The maximum atomic E-state index is 12.3. The van der Waals surface area contributed by atoms with Gasteiger partial charge in [-0.25, -0.2) is 0 Å². The van der Waals surface area contributed by atoms with Crippen LogP contribution in [0.5, 0.6) is 0 Å². The molecule has 0 bridgehead atoms. The molecule has 1 spiro atoms. The third-order valence-corrected chi connectivity index (χ3v) is 8.97. The van der Waals surface area contributed by atoms with Crippen molar-refractivity contribution < 1.29 is 19.8 Å². The highest BCUT2D eigenvalue weighted by Gasteiger charge is 2.57. The van der Waals surface area contributed by atoms with Crippen molar-refractivity contribution in [2.75, 3.05) is 13.1 Å². The number of aliphatic carboxylic acids is 1. The zero-order valence-corrected chi connectivity index (χ0v) is 16.8. The number of likely N-dealkylation sites (tertiary alicyclic amines) is 1. The van der Waals surface area contributed by atoms with E-state index in [2.05, 4.69) is 24.3 Å². The van der Waals surface area contributed by atoms with Crippen LogP contribution in [0.1, 0.15) is 67.2 Å². The summed E-state index contributed by atoms with van der Waals surface area (Å²) in [6.07, 6.45) is 6.18. The first-order valence-corrected chi connectivity index (χ1v) is 11.3. The van der Waals surface area contributed by atoms with Gasteiger partial charge < -0.3 is 15.1 Å². The highest BCUT2D eigenvalue weighted by atomic mass is 32.2. The summed E-state index contributed by atoms with van der Waals surface area (Å²) in [5.41, 5.74) is 1.91. The van der Waals surface area contributed by atoms with E-state index in [-0.39, 0.29) is 11.2 Å². The van der Waals surface area contributed by atoms with Crippen LogP contribution < -0.4 is 0 Å². The van der Waals surface area contributed by atoms with E-state index < -0.39 is 11.6 Å². The lowest BCUT2D eigenvalue weighted by Gasteiger charge is -2.34. The number of rotatable bonds is 4. The zero-order valence-electron chi connectivity index (χ0n) is 16.0. The molecule has 2 N–H and O–H groups in total. The lowest BCUT2D eigenvalue weighted by molar-refractivity contribution is -0.144. The number of aliphatic hydroxyl groups is 1. The summed E-state index contributed by atoms with van der Waals surface area (Å²) in [6.45, 7) is 1.54. The van der Waals surface area contributed by atoms with Crippen molar-refractivity contribution >= 4 is 23.6 Å². The third kappa shape index (κ3) is 3.14. The molecular weight excluding hydrogens is 374 g/mol. The van der Waals surface area contributed by atoms with E-state index in [1.54, 1.807) is 11.8 Å². The summed E-state index contributed by atoms with van der Waals surface area (Å²) in [4.78, 5) is 25.4. The van der Waals surface area contributed by atoms with E-state index in [4.69, 9.17) is 0 Å². The van der Waals surface area contributed by atoms with Crippen LogP contribution in [0.25, 0.3) is 0 Å². The van der Waals surface area contributed by atoms with Crippen molar-refractivity contribution in [2.45, 2.75) is 67.0 Å². The van der Waals surface area contributed by atoms with Crippen molar-refractivity contribution in [1.82, 2.24) is 4.90 Å². The predicted octanol–water partition coefficient (Wildman–Crippen LogP) is 3.33. The molecule has 150 valence electrons. The van der Waals surface area contributed by atoms with E-state index in [1.165, 1.54) is 17.5 Å². The first-order chi connectivity index (χ1) is 13.4. The summed E-state index contributed by atoms with van der Waals surface area (Å²) in [5, 5.41) is 19.3. The maximum absolute atomic E-state index is 12.3. The lowest BCUT2D eigenvalue weighted by atomic mass is 9.88. The van der Waals surface area contributed by atoms with Gasteiger partial charge in [-0.1, -0.05) is 24.3 Å². The molecule has 2 unspecified atom stereocenters. The monoisotopic (exact) mass is 401 g/mol. The standard InChI is InChI=1S/C22H27NO4S/c24-19(25)18-6-5-17(28-18)15-3-1-14(2-4-15)16-13-21(16)9-11-23(12-10-21)20(26)22(27)7-8-22/h1-4,16-18,27H,5-13H2,(H,24,25)/t16-,17?,18?/m1/s1. The fourth-order valence-corrected chi connectivity index (χ4v) is 6.53. The number of thioether (sulfide) groups is 1. The molecule has 2 saturated carbocycles. The number of piperidine rings is 1. The highest BCUT2D eigenvalue weighted by Crippen LogP contribution is 2.65. The van der Waals surface area contributed by atoms with Crippen LogP contribution in [0.15, 0.2) is 24.3 Å². The van der Waals surface area contributed by atoms with Gasteiger partial charge >= 0.3 is 5.97 Å². The molecule has 6 heteroatoms. The Hall–Kier alpha value is -1.53. The number of hydrogen-bond acceptors (Lipinski definition) is 4. The molecule has 4 aliphatic rings. The second kappa shape index (κ2) is 6.49. The molecule has 2 aliphatic heterocycles. The topological polar surface area (TPSA) is 77.8 Å². The Bertz CT molecular complexity index is 795. The van der Waals surface area contributed by atoms with Crippen molar-refractivity contribution in [3.05, 3.63) is 35.4 Å². The Morgan fingerprint density at radius 1 is 1.00 bits per heavy atom. The van der Waals surface area contributed by atoms with Crippen LogP contribution in [0.4, 0.5) is 0 Å².